The first kappa shape index (κ1) is 28.9. The Balaban J connectivity index is 1.27. The molecule has 2 aliphatic carbocycles. The van der Waals surface area contributed by atoms with Crippen molar-refractivity contribution in [1.29, 1.82) is 0 Å². The second-order valence-electron chi connectivity index (χ2n) is 12.3. The molecule has 2 aromatic carbocycles. The Hall–Kier alpha value is -4.83. The number of Topliss-reactive ketones (excluding diaryl/α,β-unsaturated/α-hetero) is 1. The Morgan fingerprint density at radius 2 is 1.91 bits per heavy atom. The number of allylic oxidation sites excluding steroid dienone is 3. The zero-order valence-electron chi connectivity index (χ0n) is 25.1. The van der Waals surface area contributed by atoms with Gasteiger partial charge in [-0.25, -0.2) is 14.4 Å². The van der Waals surface area contributed by atoms with Gasteiger partial charge in [0.15, 0.2) is 11.4 Å². The third-order valence-electron chi connectivity index (χ3n) is 9.06. The molecular formula is C35H34FN5O4. The van der Waals surface area contributed by atoms with Crippen LogP contribution in [0.3, 0.4) is 0 Å². The number of anilines is 1. The fourth-order valence-corrected chi connectivity index (χ4v) is 6.37. The molecule has 0 saturated heterocycles. The Morgan fingerprint density at radius 1 is 1.11 bits per heavy atom. The number of hydrogen-bond acceptors (Lipinski definition) is 7. The minimum absolute atomic E-state index is 0.0412. The van der Waals surface area contributed by atoms with Crippen LogP contribution < -0.4 is 15.2 Å². The van der Waals surface area contributed by atoms with Crippen molar-refractivity contribution in [2.75, 3.05) is 25.5 Å². The molecule has 0 amide bonds. The predicted octanol–water partition coefficient (Wildman–Crippen LogP) is 5.79. The molecule has 45 heavy (non-hydrogen) atoms. The highest BCUT2D eigenvalue weighted by molar-refractivity contribution is 6.08. The lowest BCUT2D eigenvalue weighted by Crippen LogP contribution is -2.40. The molecule has 1 fully saturated rings. The summed E-state index contributed by atoms with van der Waals surface area (Å²) < 4.78 is 17.9. The van der Waals surface area contributed by atoms with E-state index in [-0.39, 0.29) is 35.4 Å². The van der Waals surface area contributed by atoms with Crippen LogP contribution in [0.2, 0.25) is 0 Å². The van der Waals surface area contributed by atoms with Crippen molar-refractivity contribution in [2.45, 2.75) is 43.7 Å². The maximum absolute atomic E-state index is 17.9. The minimum Gasteiger partial charge on any atom is -0.481 e. The Morgan fingerprint density at radius 3 is 2.64 bits per heavy atom. The van der Waals surface area contributed by atoms with E-state index in [1.807, 2.05) is 49.3 Å². The molecule has 0 radical (unpaired) electrons. The van der Waals surface area contributed by atoms with Crippen LogP contribution in [0.15, 0.2) is 78.0 Å². The molecule has 230 valence electrons. The van der Waals surface area contributed by atoms with Crippen molar-refractivity contribution >= 4 is 28.6 Å². The van der Waals surface area contributed by atoms with Gasteiger partial charge in [0.05, 0.1) is 0 Å². The average molecular weight is 608 g/mol. The summed E-state index contributed by atoms with van der Waals surface area (Å²) in [7, 11) is 3.91. The van der Waals surface area contributed by atoms with E-state index in [1.54, 1.807) is 12.2 Å². The number of alkyl halides is 1. The number of imidazole rings is 1. The number of ketones is 1. The third-order valence-corrected chi connectivity index (χ3v) is 9.06. The highest BCUT2D eigenvalue weighted by atomic mass is 19.1. The topological polar surface area (TPSA) is 120 Å². The van der Waals surface area contributed by atoms with Crippen LogP contribution in [0, 0.1) is 5.92 Å². The Kier molecular flexibility index (Phi) is 7.24. The number of aromatic amines is 1. The van der Waals surface area contributed by atoms with Crippen molar-refractivity contribution in [3.8, 4) is 17.1 Å². The summed E-state index contributed by atoms with van der Waals surface area (Å²) in [5, 5.41) is 9.44. The number of carbonyl (C=O) groups is 2. The number of nitrogens with zero attached hydrogens (tertiary/aromatic N) is 3. The number of hydroxylamine groups is 1. The van der Waals surface area contributed by atoms with Gasteiger partial charge < -0.3 is 19.8 Å². The number of nitrogens with one attached hydrogen (secondary N) is 2. The van der Waals surface area contributed by atoms with Gasteiger partial charge >= 0.3 is 5.97 Å². The van der Waals surface area contributed by atoms with Crippen LogP contribution in [0.25, 0.3) is 22.6 Å². The van der Waals surface area contributed by atoms with E-state index in [4.69, 9.17) is 9.82 Å². The number of halogens is 1. The van der Waals surface area contributed by atoms with Crippen molar-refractivity contribution in [1.82, 2.24) is 20.4 Å². The van der Waals surface area contributed by atoms with Gasteiger partial charge in [0.1, 0.15) is 11.3 Å². The average Bonchev–Trinajstić information content (AvgIpc) is 3.82. The van der Waals surface area contributed by atoms with E-state index in [2.05, 4.69) is 27.6 Å². The number of fused-ring (bicyclic) bond motifs is 2. The van der Waals surface area contributed by atoms with Crippen LogP contribution in [-0.4, -0.2) is 52.5 Å². The number of benzene rings is 2. The van der Waals surface area contributed by atoms with Gasteiger partial charge in [-0.3, -0.25) is 9.59 Å². The molecule has 10 heteroatoms. The summed E-state index contributed by atoms with van der Waals surface area (Å²) >= 11 is 0. The van der Waals surface area contributed by atoms with Gasteiger partial charge in [0.25, 0.3) is 0 Å². The predicted molar refractivity (Wildman–Crippen MR) is 169 cm³/mol. The number of carbonyl (C=O) groups excluding carboxylic acids is 1. The molecule has 2 unspecified atom stereocenters. The molecule has 0 bridgehead atoms. The summed E-state index contributed by atoms with van der Waals surface area (Å²) in [6, 6.07) is 15.4. The molecule has 9 nitrogen and oxygen atoms in total. The van der Waals surface area contributed by atoms with E-state index >= 15 is 4.39 Å². The summed E-state index contributed by atoms with van der Waals surface area (Å²) in [5.74, 6) is -0.382. The Bertz CT molecular complexity index is 1870. The molecule has 1 aliphatic heterocycles. The molecular weight excluding hydrogens is 573 g/mol. The van der Waals surface area contributed by atoms with Crippen molar-refractivity contribution in [3.05, 3.63) is 94.7 Å². The zero-order chi connectivity index (χ0) is 31.3. The summed E-state index contributed by atoms with van der Waals surface area (Å²) in [4.78, 5) is 46.2. The molecule has 2 aromatic heterocycles. The highest BCUT2D eigenvalue weighted by Crippen LogP contribution is 2.47. The van der Waals surface area contributed by atoms with E-state index in [0.717, 1.165) is 22.6 Å². The van der Waals surface area contributed by atoms with Gasteiger partial charge in [0.2, 0.25) is 11.5 Å². The summed E-state index contributed by atoms with van der Waals surface area (Å²) in [5.41, 5.74) is 5.34. The first-order chi connectivity index (χ1) is 21.7. The van der Waals surface area contributed by atoms with Gasteiger partial charge in [-0.2, -0.15) is 5.48 Å². The maximum Gasteiger partial charge on any atom is 0.303 e. The number of rotatable bonds is 8. The monoisotopic (exact) mass is 607 g/mol. The smallest absolute Gasteiger partial charge is 0.303 e. The lowest BCUT2D eigenvalue weighted by molar-refractivity contribution is -0.137. The number of carboxylic acid groups (broad SMARTS) is 1. The van der Waals surface area contributed by atoms with E-state index in [1.165, 1.54) is 30.7 Å². The molecule has 4 aromatic rings. The molecule has 2 atom stereocenters. The zero-order valence-corrected chi connectivity index (χ0v) is 25.1. The number of aromatic nitrogens is 3. The van der Waals surface area contributed by atoms with E-state index < -0.39 is 17.4 Å². The number of pyridine rings is 1. The SMILES string of the molecule is CN(C)c1ccc(-c2nc3c(C4(F)C(=O)C(C5CNOc6cc(C7CC7)ccc6C5)=CC=C4CCC(=O)O)ccnc3[nH]2)cc1. The second-order valence-corrected chi connectivity index (χ2v) is 12.3. The molecule has 1 saturated carbocycles. The van der Waals surface area contributed by atoms with E-state index in [0.29, 0.717) is 35.9 Å². The molecule has 3 aliphatic rings. The number of carboxylic acids is 1. The molecule has 0 spiro atoms. The van der Waals surface area contributed by atoms with E-state index in [9.17, 15) is 14.7 Å². The minimum atomic E-state index is -2.63. The van der Waals surface area contributed by atoms with Crippen LogP contribution >= 0.6 is 0 Å². The fourth-order valence-electron chi connectivity index (χ4n) is 6.37. The van der Waals surface area contributed by atoms with Gasteiger partial charge in [-0.1, -0.05) is 24.3 Å². The van der Waals surface area contributed by atoms with Crippen LogP contribution in [0.5, 0.6) is 5.75 Å². The lowest BCUT2D eigenvalue weighted by atomic mass is 9.72. The van der Waals surface area contributed by atoms with Crippen LogP contribution in [0.4, 0.5) is 10.1 Å². The third kappa shape index (κ3) is 5.29. The largest absolute Gasteiger partial charge is 0.481 e. The summed E-state index contributed by atoms with van der Waals surface area (Å²) in [6.07, 6.45) is 7.05. The molecule has 3 heterocycles. The van der Waals surface area contributed by atoms with Gasteiger partial charge in [-0.15, -0.1) is 0 Å². The van der Waals surface area contributed by atoms with Crippen LogP contribution in [0.1, 0.15) is 48.3 Å². The lowest BCUT2D eigenvalue weighted by Gasteiger charge is -2.33. The van der Waals surface area contributed by atoms with Crippen molar-refractivity contribution < 1.29 is 23.9 Å². The molecule has 7 rings (SSSR count). The fraction of sp³-hybridized carbons (Fsp3) is 0.314. The quantitative estimate of drug-likeness (QED) is 0.230. The van der Waals surface area contributed by atoms with Crippen molar-refractivity contribution in [2.24, 2.45) is 5.92 Å². The number of aliphatic carboxylic acids is 1. The standard InChI is InChI=1S/C35H34FN5O4/c1-41(2)26-11-7-21(8-12-26)33-39-31-28(15-16-37-34(31)40-33)35(36)25(10-14-30(42)43)9-13-27(32(35)44)24-17-23-6-5-22(20-3-4-20)18-29(23)45-38-19-24/h5-9,11-13,15-16,18,20,24,38H,3-4,10,14,17,19H2,1-2H3,(H,42,43)(H,37,39,40). The highest BCUT2D eigenvalue weighted by Gasteiger charge is 2.50. The van der Waals surface area contributed by atoms with Crippen molar-refractivity contribution in [3.63, 3.8) is 0 Å². The first-order valence-electron chi connectivity index (χ1n) is 15.2. The molecule has 3 N–H and O–H groups in total. The van der Waals surface area contributed by atoms with Crippen LogP contribution in [-0.2, 0) is 21.7 Å². The normalized spacial score (nSPS) is 21.4. The maximum atomic E-state index is 17.9. The first-order valence-corrected chi connectivity index (χ1v) is 15.2. The van der Waals surface area contributed by atoms with Gasteiger partial charge in [-0.05, 0) is 84.7 Å². The number of hydrogen-bond donors (Lipinski definition) is 3. The number of H-pyrrole nitrogens is 1. The second kappa shape index (κ2) is 11.3. The Labute approximate surface area is 259 Å². The summed E-state index contributed by atoms with van der Waals surface area (Å²) in [6.45, 7) is 0.306. The van der Waals surface area contributed by atoms with Gasteiger partial charge in [0, 0.05) is 61.6 Å².